The fourth-order valence-electron chi connectivity index (χ4n) is 2.12. The molecule has 0 bridgehead atoms. The summed E-state index contributed by atoms with van der Waals surface area (Å²) in [5.41, 5.74) is 6.89. The van der Waals surface area contributed by atoms with Crippen LogP contribution in [-0.4, -0.2) is 34.4 Å². The fourth-order valence-corrected chi connectivity index (χ4v) is 3.40. The van der Waals surface area contributed by atoms with Gasteiger partial charge < -0.3 is 10.6 Å². The predicted octanol–water partition coefficient (Wildman–Crippen LogP) is 3.28. The van der Waals surface area contributed by atoms with Gasteiger partial charge in [0.25, 0.3) is 5.91 Å². The Hall–Kier alpha value is -0.870. The molecule has 1 saturated heterocycles. The topological polar surface area (TPSA) is 46.3 Å². The number of hydrogen-bond donors (Lipinski definition) is 1. The van der Waals surface area contributed by atoms with Crippen LogP contribution in [-0.2, 0) is 0 Å². The Balaban J connectivity index is 2.15. The van der Waals surface area contributed by atoms with Crippen LogP contribution >= 0.6 is 23.4 Å². The first-order chi connectivity index (χ1) is 8.89. The molecule has 0 aromatic heterocycles. The summed E-state index contributed by atoms with van der Waals surface area (Å²) in [5.74, 6) is 0.971. The molecule has 0 unspecified atom stereocenters. The molecule has 0 radical (unpaired) electrons. The van der Waals surface area contributed by atoms with Crippen molar-refractivity contribution in [3.05, 3.63) is 28.8 Å². The molecule has 0 atom stereocenters. The van der Waals surface area contributed by atoms with Gasteiger partial charge in [0.1, 0.15) is 0 Å². The second kappa shape index (κ2) is 5.63. The highest BCUT2D eigenvalue weighted by Crippen LogP contribution is 2.31. The first kappa shape index (κ1) is 14.5. The molecule has 1 heterocycles. The molecule has 1 amide bonds. The van der Waals surface area contributed by atoms with Gasteiger partial charge in [0, 0.05) is 34.3 Å². The maximum Gasteiger partial charge on any atom is 0.255 e. The van der Waals surface area contributed by atoms with Crippen LogP contribution in [0.4, 0.5) is 5.69 Å². The predicted molar refractivity (Wildman–Crippen MR) is 82.9 cm³/mol. The monoisotopic (exact) mass is 298 g/mol. The number of rotatable bonds is 1. The van der Waals surface area contributed by atoms with E-state index >= 15 is 0 Å². The minimum atomic E-state index is 0.00691. The van der Waals surface area contributed by atoms with Crippen molar-refractivity contribution in [2.24, 2.45) is 0 Å². The third-order valence-corrected chi connectivity index (χ3v) is 4.98. The van der Waals surface area contributed by atoms with Gasteiger partial charge in [-0.3, -0.25) is 4.79 Å². The SMILES string of the molecule is CC1(C)CCN(C(=O)c2ccc(Cl)cc2N)CCS1. The number of carbonyl (C=O) groups excluding carboxylic acids is 1. The van der Waals surface area contributed by atoms with E-state index in [0.29, 0.717) is 16.3 Å². The molecule has 104 valence electrons. The third kappa shape index (κ3) is 3.57. The Kier molecular flexibility index (Phi) is 4.31. The van der Waals surface area contributed by atoms with Crippen molar-refractivity contribution in [2.75, 3.05) is 24.6 Å². The lowest BCUT2D eigenvalue weighted by atomic mass is 10.1. The van der Waals surface area contributed by atoms with E-state index in [-0.39, 0.29) is 10.7 Å². The van der Waals surface area contributed by atoms with E-state index in [1.807, 2.05) is 16.7 Å². The number of nitrogen functional groups attached to an aromatic ring is 1. The molecule has 1 aliphatic rings. The Morgan fingerprint density at radius 1 is 1.42 bits per heavy atom. The van der Waals surface area contributed by atoms with Crippen molar-refractivity contribution in [2.45, 2.75) is 25.0 Å². The first-order valence-electron chi connectivity index (χ1n) is 6.37. The molecule has 2 rings (SSSR count). The average molecular weight is 299 g/mol. The Morgan fingerprint density at radius 3 is 2.84 bits per heavy atom. The third-order valence-electron chi connectivity index (χ3n) is 3.37. The van der Waals surface area contributed by atoms with Crippen LogP contribution in [0.2, 0.25) is 5.02 Å². The van der Waals surface area contributed by atoms with Crippen LogP contribution in [0.15, 0.2) is 18.2 Å². The van der Waals surface area contributed by atoms with Crippen LogP contribution in [0.1, 0.15) is 30.6 Å². The van der Waals surface area contributed by atoms with Gasteiger partial charge in [-0.05, 0) is 24.6 Å². The summed E-state index contributed by atoms with van der Waals surface area (Å²) in [4.78, 5) is 14.4. The van der Waals surface area contributed by atoms with Gasteiger partial charge in [-0.2, -0.15) is 11.8 Å². The molecule has 1 fully saturated rings. The highest BCUT2D eigenvalue weighted by Gasteiger charge is 2.27. The minimum absolute atomic E-state index is 0.00691. The molecule has 3 nitrogen and oxygen atoms in total. The summed E-state index contributed by atoms with van der Waals surface area (Å²) in [6.45, 7) is 6.00. The van der Waals surface area contributed by atoms with E-state index in [2.05, 4.69) is 13.8 Å². The van der Waals surface area contributed by atoms with Crippen LogP contribution in [0.5, 0.6) is 0 Å². The summed E-state index contributed by atoms with van der Waals surface area (Å²) in [6, 6.07) is 5.05. The van der Waals surface area contributed by atoms with Crippen LogP contribution in [0.25, 0.3) is 0 Å². The number of nitrogens with zero attached hydrogens (tertiary/aromatic N) is 1. The van der Waals surface area contributed by atoms with Crippen molar-refractivity contribution < 1.29 is 4.79 Å². The van der Waals surface area contributed by atoms with Crippen molar-refractivity contribution >= 4 is 35.0 Å². The van der Waals surface area contributed by atoms with Gasteiger partial charge in [0.15, 0.2) is 0 Å². The van der Waals surface area contributed by atoms with Gasteiger partial charge in [-0.1, -0.05) is 25.4 Å². The van der Waals surface area contributed by atoms with Gasteiger partial charge in [0.2, 0.25) is 0 Å². The number of nitrogens with two attached hydrogens (primary N) is 1. The van der Waals surface area contributed by atoms with Crippen LogP contribution < -0.4 is 5.73 Å². The second-order valence-electron chi connectivity index (χ2n) is 5.38. The number of carbonyl (C=O) groups is 1. The fraction of sp³-hybridized carbons (Fsp3) is 0.500. The lowest BCUT2D eigenvalue weighted by Gasteiger charge is -2.23. The molecule has 1 aromatic carbocycles. The summed E-state index contributed by atoms with van der Waals surface area (Å²) in [6.07, 6.45) is 0.997. The number of hydrogen-bond acceptors (Lipinski definition) is 3. The van der Waals surface area contributed by atoms with E-state index in [9.17, 15) is 4.79 Å². The zero-order valence-corrected chi connectivity index (χ0v) is 12.9. The lowest BCUT2D eigenvalue weighted by Crippen LogP contribution is -2.34. The molecule has 5 heteroatoms. The van der Waals surface area contributed by atoms with E-state index < -0.39 is 0 Å². The van der Waals surface area contributed by atoms with E-state index in [1.165, 1.54) is 0 Å². The second-order valence-corrected chi connectivity index (χ2v) is 7.62. The molecule has 19 heavy (non-hydrogen) atoms. The highest BCUT2D eigenvalue weighted by molar-refractivity contribution is 8.00. The number of benzene rings is 1. The van der Waals surface area contributed by atoms with Gasteiger partial charge >= 0.3 is 0 Å². The van der Waals surface area contributed by atoms with E-state index in [0.717, 1.165) is 25.3 Å². The summed E-state index contributed by atoms with van der Waals surface area (Å²) >= 11 is 7.78. The van der Waals surface area contributed by atoms with Crippen LogP contribution in [0.3, 0.4) is 0 Å². The number of halogens is 1. The lowest BCUT2D eigenvalue weighted by molar-refractivity contribution is 0.0765. The van der Waals surface area contributed by atoms with E-state index in [4.69, 9.17) is 17.3 Å². The van der Waals surface area contributed by atoms with Crippen molar-refractivity contribution in [1.82, 2.24) is 4.90 Å². The zero-order chi connectivity index (χ0) is 14.0. The first-order valence-corrected chi connectivity index (χ1v) is 7.74. The Morgan fingerprint density at radius 2 is 2.16 bits per heavy atom. The maximum absolute atomic E-state index is 12.5. The molecule has 2 N–H and O–H groups in total. The van der Waals surface area contributed by atoms with Crippen molar-refractivity contribution in [3.63, 3.8) is 0 Å². The largest absolute Gasteiger partial charge is 0.398 e. The average Bonchev–Trinajstić information content (AvgIpc) is 2.49. The van der Waals surface area contributed by atoms with Crippen LogP contribution in [0, 0.1) is 0 Å². The molecular formula is C14H19ClN2OS. The van der Waals surface area contributed by atoms with Gasteiger partial charge in [-0.15, -0.1) is 0 Å². The van der Waals surface area contributed by atoms with E-state index in [1.54, 1.807) is 18.2 Å². The molecule has 0 saturated carbocycles. The summed E-state index contributed by atoms with van der Waals surface area (Å²) in [7, 11) is 0. The quantitative estimate of drug-likeness (QED) is 0.809. The number of amides is 1. The summed E-state index contributed by atoms with van der Waals surface area (Å²) < 4.78 is 0.237. The van der Waals surface area contributed by atoms with Gasteiger partial charge in [-0.25, -0.2) is 0 Å². The van der Waals surface area contributed by atoms with Crippen molar-refractivity contribution in [3.8, 4) is 0 Å². The Labute approximate surface area is 123 Å². The summed E-state index contributed by atoms with van der Waals surface area (Å²) in [5, 5.41) is 0.557. The number of anilines is 1. The molecule has 1 aromatic rings. The normalized spacial score (nSPS) is 19.0. The number of thioether (sulfide) groups is 1. The Bertz CT molecular complexity index is 490. The van der Waals surface area contributed by atoms with Gasteiger partial charge in [0.05, 0.1) is 5.56 Å². The smallest absolute Gasteiger partial charge is 0.255 e. The highest BCUT2D eigenvalue weighted by atomic mass is 35.5. The van der Waals surface area contributed by atoms with Crippen molar-refractivity contribution in [1.29, 1.82) is 0 Å². The minimum Gasteiger partial charge on any atom is -0.398 e. The molecule has 1 aliphatic heterocycles. The molecule has 0 aliphatic carbocycles. The standard InChI is InChI=1S/C14H19ClN2OS/c1-14(2)5-6-17(7-8-19-14)13(18)11-4-3-10(15)9-12(11)16/h3-4,9H,5-8,16H2,1-2H3. The maximum atomic E-state index is 12.5. The zero-order valence-electron chi connectivity index (χ0n) is 11.3. The molecular weight excluding hydrogens is 280 g/mol. The molecule has 0 spiro atoms.